The lowest BCUT2D eigenvalue weighted by atomic mass is 10.3. The van der Waals surface area contributed by atoms with Crippen LogP contribution >= 0.6 is 22.9 Å². The molecule has 3 N–H and O–H groups in total. The number of aliphatic imine (C=N–C) groups is 1. The van der Waals surface area contributed by atoms with Crippen molar-refractivity contribution in [3.8, 4) is 5.75 Å². The van der Waals surface area contributed by atoms with Crippen LogP contribution in [0.1, 0.15) is 9.88 Å². The molecule has 0 saturated heterocycles. The summed E-state index contributed by atoms with van der Waals surface area (Å²) < 4.78 is 5.08. The van der Waals surface area contributed by atoms with Crippen LogP contribution in [0.4, 0.5) is 5.69 Å². The zero-order valence-electron chi connectivity index (χ0n) is 11.2. The van der Waals surface area contributed by atoms with E-state index in [-0.39, 0.29) is 0 Å². The van der Waals surface area contributed by atoms with E-state index >= 15 is 0 Å². The Morgan fingerprint density at radius 3 is 2.95 bits per heavy atom. The molecule has 20 heavy (non-hydrogen) atoms. The summed E-state index contributed by atoms with van der Waals surface area (Å²) in [5, 5.41) is 4.42. The molecule has 0 atom stereocenters. The second kappa shape index (κ2) is 6.58. The van der Waals surface area contributed by atoms with Gasteiger partial charge in [-0.05, 0) is 25.1 Å². The summed E-state index contributed by atoms with van der Waals surface area (Å²) in [6.07, 6.45) is 1.82. The normalized spacial score (nSPS) is 11.4. The first kappa shape index (κ1) is 14.6. The fourth-order valence-electron chi connectivity index (χ4n) is 1.56. The van der Waals surface area contributed by atoms with Gasteiger partial charge >= 0.3 is 0 Å². The van der Waals surface area contributed by atoms with Crippen LogP contribution in [0.2, 0.25) is 5.02 Å². The Bertz CT molecular complexity index is 627. The van der Waals surface area contributed by atoms with E-state index in [1.54, 1.807) is 30.6 Å². The molecular formula is C13H15ClN4OS. The van der Waals surface area contributed by atoms with Crippen LogP contribution in [0.5, 0.6) is 5.75 Å². The van der Waals surface area contributed by atoms with Gasteiger partial charge in [-0.15, -0.1) is 11.3 Å². The van der Waals surface area contributed by atoms with Gasteiger partial charge in [0, 0.05) is 16.8 Å². The Balaban J connectivity index is 2.00. The highest BCUT2D eigenvalue weighted by atomic mass is 35.5. The predicted octanol–water partition coefficient (Wildman–Crippen LogP) is 3.04. The molecule has 2 rings (SSSR count). The Labute approximate surface area is 126 Å². The lowest BCUT2D eigenvalue weighted by Crippen LogP contribution is -2.22. The summed E-state index contributed by atoms with van der Waals surface area (Å²) >= 11 is 7.64. The van der Waals surface area contributed by atoms with Crippen molar-refractivity contribution in [2.24, 2.45) is 10.7 Å². The molecular weight excluding hydrogens is 296 g/mol. The number of anilines is 1. The second-order valence-electron chi connectivity index (χ2n) is 4.04. The van der Waals surface area contributed by atoms with Gasteiger partial charge in [0.2, 0.25) is 0 Å². The number of ether oxygens (including phenoxy) is 1. The lowest BCUT2D eigenvalue weighted by molar-refractivity contribution is 0.415. The minimum Gasteiger partial charge on any atom is -0.495 e. The highest BCUT2D eigenvalue weighted by molar-refractivity contribution is 7.11. The van der Waals surface area contributed by atoms with Crippen LogP contribution in [0.3, 0.4) is 0 Å². The number of methoxy groups -OCH3 is 1. The van der Waals surface area contributed by atoms with Crippen LogP contribution in [-0.4, -0.2) is 18.1 Å². The number of hydrogen-bond acceptors (Lipinski definition) is 4. The van der Waals surface area contributed by atoms with E-state index in [9.17, 15) is 0 Å². The van der Waals surface area contributed by atoms with Crippen molar-refractivity contribution in [3.63, 3.8) is 0 Å². The number of thiazole rings is 1. The summed E-state index contributed by atoms with van der Waals surface area (Å²) in [5.41, 5.74) is 6.58. The van der Waals surface area contributed by atoms with Crippen molar-refractivity contribution >= 4 is 34.6 Å². The molecule has 0 spiro atoms. The highest BCUT2D eigenvalue weighted by Gasteiger charge is 2.03. The maximum Gasteiger partial charge on any atom is 0.193 e. The molecule has 5 nitrogen and oxygen atoms in total. The maximum absolute atomic E-state index is 6.03. The zero-order chi connectivity index (χ0) is 14.5. The van der Waals surface area contributed by atoms with Crippen molar-refractivity contribution < 1.29 is 4.74 Å². The average Bonchev–Trinajstić information content (AvgIpc) is 2.82. The van der Waals surface area contributed by atoms with Gasteiger partial charge in [-0.3, -0.25) is 0 Å². The first-order valence-corrected chi connectivity index (χ1v) is 7.09. The second-order valence-corrected chi connectivity index (χ2v) is 5.77. The van der Waals surface area contributed by atoms with Crippen LogP contribution in [0.15, 0.2) is 29.4 Å². The van der Waals surface area contributed by atoms with Gasteiger partial charge in [-0.25, -0.2) is 9.98 Å². The van der Waals surface area contributed by atoms with Crippen molar-refractivity contribution in [2.45, 2.75) is 13.5 Å². The highest BCUT2D eigenvalue weighted by Crippen LogP contribution is 2.27. The molecule has 0 amide bonds. The molecule has 2 aromatic rings. The standard InChI is InChI=1S/C13H15ClN4OS/c1-8-6-16-12(20-8)7-17-13(15)18-9-3-4-11(19-2)10(14)5-9/h3-6H,7H2,1-2H3,(H3,15,17,18). The average molecular weight is 311 g/mol. The summed E-state index contributed by atoms with van der Waals surface area (Å²) in [4.78, 5) is 9.61. The Kier molecular flexibility index (Phi) is 4.81. The summed E-state index contributed by atoms with van der Waals surface area (Å²) in [7, 11) is 1.57. The van der Waals surface area contributed by atoms with Gasteiger partial charge in [0.1, 0.15) is 10.8 Å². The molecule has 1 heterocycles. The predicted molar refractivity (Wildman–Crippen MR) is 83.8 cm³/mol. The fraction of sp³-hybridized carbons (Fsp3) is 0.231. The molecule has 1 aromatic heterocycles. The Hall–Kier alpha value is -1.79. The summed E-state index contributed by atoms with van der Waals surface area (Å²) in [6, 6.07) is 5.32. The van der Waals surface area contributed by atoms with Gasteiger partial charge in [-0.1, -0.05) is 11.6 Å². The number of aryl methyl sites for hydroxylation is 1. The zero-order valence-corrected chi connectivity index (χ0v) is 12.8. The van der Waals surface area contributed by atoms with E-state index in [4.69, 9.17) is 22.1 Å². The summed E-state index contributed by atoms with van der Waals surface area (Å²) in [5.74, 6) is 0.935. The third-order valence-corrected chi connectivity index (χ3v) is 3.67. The molecule has 0 fully saturated rings. The summed E-state index contributed by atoms with van der Waals surface area (Å²) in [6.45, 7) is 2.47. The van der Waals surface area contributed by atoms with Gasteiger partial charge < -0.3 is 15.8 Å². The van der Waals surface area contributed by atoms with Crippen molar-refractivity contribution in [3.05, 3.63) is 39.3 Å². The van der Waals surface area contributed by atoms with Gasteiger partial charge in [0.25, 0.3) is 0 Å². The molecule has 0 radical (unpaired) electrons. The lowest BCUT2D eigenvalue weighted by Gasteiger charge is -2.08. The van der Waals surface area contributed by atoms with E-state index in [0.717, 1.165) is 15.6 Å². The molecule has 0 saturated carbocycles. The van der Waals surface area contributed by atoms with Crippen LogP contribution in [0.25, 0.3) is 0 Å². The number of rotatable bonds is 4. The first-order valence-electron chi connectivity index (χ1n) is 5.90. The molecule has 1 aromatic carbocycles. The Morgan fingerprint density at radius 2 is 2.35 bits per heavy atom. The Morgan fingerprint density at radius 1 is 1.55 bits per heavy atom. The first-order chi connectivity index (χ1) is 9.58. The van der Waals surface area contributed by atoms with Crippen LogP contribution in [-0.2, 0) is 6.54 Å². The molecule has 106 valence electrons. The number of guanidine groups is 1. The minimum atomic E-state index is 0.319. The van der Waals surface area contributed by atoms with Crippen molar-refractivity contribution in [1.29, 1.82) is 0 Å². The van der Waals surface area contributed by atoms with Crippen LogP contribution < -0.4 is 15.8 Å². The number of benzene rings is 1. The number of nitrogens with two attached hydrogens (primary N) is 1. The largest absolute Gasteiger partial charge is 0.495 e. The van der Waals surface area contributed by atoms with E-state index in [0.29, 0.717) is 23.3 Å². The number of nitrogens with one attached hydrogen (secondary N) is 1. The number of nitrogens with zero attached hydrogens (tertiary/aromatic N) is 2. The minimum absolute atomic E-state index is 0.319. The fourth-order valence-corrected chi connectivity index (χ4v) is 2.53. The number of hydrogen-bond donors (Lipinski definition) is 2. The third kappa shape index (κ3) is 3.85. The molecule has 0 unspecified atom stereocenters. The van der Waals surface area contributed by atoms with Crippen molar-refractivity contribution in [1.82, 2.24) is 4.98 Å². The monoisotopic (exact) mass is 310 g/mol. The SMILES string of the molecule is COc1ccc(NC(N)=NCc2ncc(C)s2)cc1Cl. The van der Waals surface area contributed by atoms with Crippen LogP contribution in [0, 0.1) is 6.92 Å². The quantitative estimate of drug-likeness (QED) is 0.672. The van der Waals surface area contributed by atoms with E-state index in [1.807, 2.05) is 19.2 Å². The van der Waals surface area contributed by atoms with E-state index < -0.39 is 0 Å². The third-order valence-electron chi connectivity index (χ3n) is 2.48. The van der Waals surface area contributed by atoms with Gasteiger partial charge in [-0.2, -0.15) is 0 Å². The molecule has 0 aliphatic carbocycles. The van der Waals surface area contributed by atoms with E-state index in [2.05, 4.69) is 15.3 Å². The number of aromatic nitrogens is 1. The molecule has 7 heteroatoms. The number of halogens is 1. The molecule has 0 aliphatic heterocycles. The molecule has 0 aliphatic rings. The maximum atomic E-state index is 6.03. The van der Waals surface area contributed by atoms with Crippen molar-refractivity contribution in [2.75, 3.05) is 12.4 Å². The smallest absolute Gasteiger partial charge is 0.193 e. The molecule has 0 bridgehead atoms. The van der Waals surface area contributed by atoms with Gasteiger partial charge in [0.15, 0.2) is 5.96 Å². The van der Waals surface area contributed by atoms with E-state index in [1.165, 1.54) is 0 Å². The topological polar surface area (TPSA) is 72.5 Å². The van der Waals surface area contributed by atoms with Gasteiger partial charge in [0.05, 0.1) is 18.7 Å².